The topological polar surface area (TPSA) is 44.7 Å². The molecule has 0 radical (unpaired) electrons. The van der Waals surface area contributed by atoms with Crippen molar-refractivity contribution in [2.45, 2.75) is 34.6 Å². The van der Waals surface area contributed by atoms with Crippen LogP contribution in [0, 0.1) is 5.92 Å². The van der Waals surface area contributed by atoms with Crippen LogP contribution in [0.5, 0.6) is 0 Å². The summed E-state index contributed by atoms with van der Waals surface area (Å²) in [6.45, 7) is 9.86. The molecule has 3 rings (SSSR count). The maximum Gasteiger partial charge on any atom is 0.256 e. The van der Waals surface area contributed by atoms with Crippen LogP contribution in [0.3, 0.4) is 0 Å². The Hall–Kier alpha value is -2.62. The maximum atomic E-state index is 12.3. The van der Waals surface area contributed by atoms with Gasteiger partial charge >= 0.3 is 0 Å². The molecule has 0 aromatic heterocycles. The Morgan fingerprint density at radius 2 is 1.38 bits per heavy atom. The molecule has 24 heavy (non-hydrogen) atoms. The molecule has 2 aromatic rings. The molecule has 0 saturated carbocycles. The van der Waals surface area contributed by atoms with Crippen molar-refractivity contribution in [2.24, 2.45) is 10.9 Å². The number of nitrogens with zero attached hydrogens (tertiary/aromatic N) is 2. The number of carbonyl (C=O) groups excluding carboxylic acids is 1. The highest BCUT2D eigenvalue weighted by Gasteiger charge is 2.34. The fraction of sp³-hybridized carbons (Fsp3) is 0.300. The first kappa shape index (κ1) is 19.4. The van der Waals surface area contributed by atoms with E-state index in [0.29, 0.717) is 5.84 Å². The van der Waals surface area contributed by atoms with E-state index in [1.54, 1.807) is 5.01 Å². The molecule has 128 valence electrons. The largest absolute Gasteiger partial charge is 0.277 e. The van der Waals surface area contributed by atoms with Crippen molar-refractivity contribution in [1.82, 2.24) is 5.43 Å². The summed E-state index contributed by atoms with van der Waals surface area (Å²) in [5.41, 5.74) is 4.75. The van der Waals surface area contributed by atoms with Crippen molar-refractivity contribution in [3.05, 3.63) is 60.7 Å². The van der Waals surface area contributed by atoms with Gasteiger partial charge in [0, 0.05) is 0 Å². The molecule has 0 bridgehead atoms. The van der Waals surface area contributed by atoms with E-state index in [1.165, 1.54) is 0 Å². The van der Waals surface area contributed by atoms with Crippen LogP contribution in [0.15, 0.2) is 65.7 Å². The molecule has 1 amide bonds. The molecule has 0 spiro atoms. The average Bonchev–Trinajstić information content (AvgIpc) is 2.95. The summed E-state index contributed by atoms with van der Waals surface area (Å²) < 4.78 is 0. The number of para-hydroxylation sites is 2. The van der Waals surface area contributed by atoms with Gasteiger partial charge < -0.3 is 0 Å². The molecule has 1 saturated heterocycles. The lowest BCUT2D eigenvalue weighted by Crippen LogP contribution is -2.35. The van der Waals surface area contributed by atoms with Crippen molar-refractivity contribution in [1.29, 1.82) is 0 Å². The standard InChI is InChI=1S/C16H15N3O.2C2H6/c1-12-15(17-13-8-4-2-5-9-13)18-19(16(12)20)14-10-6-3-7-11-14;2*1-2/h2-12H,1H3,(H,17,18);2*1-2H3. The Morgan fingerprint density at radius 1 is 0.875 bits per heavy atom. The van der Waals surface area contributed by atoms with Gasteiger partial charge in [-0.1, -0.05) is 64.1 Å². The van der Waals surface area contributed by atoms with Gasteiger partial charge in [0.15, 0.2) is 0 Å². The van der Waals surface area contributed by atoms with Crippen LogP contribution >= 0.6 is 0 Å². The van der Waals surface area contributed by atoms with E-state index in [-0.39, 0.29) is 11.8 Å². The van der Waals surface area contributed by atoms with Crippen molar-refractivity contribution < 1.29 is 4.79 Å². The predicted octanol–water partition coefficient (Wildman–Crippen LogP) is 4.96. The molecule has 1 aliphatic rings. The number of hydrogen-bond donors (Lipinski definition) is 1. The van der Waals surface area contributed by atoms with Gasteiger partial charge in [-0.2, -0.15) is 0 Å². The van der Waals surface area contributed by atoms with E-state index < -0.39 is 0 Å². The van der Waals surface area contributed by atoms with Crippen molar-refractivity contribution in [3.8, 4) is 0 Å². The highest BCUT2D eigenvalue weighted by atomic mass is 16.2. The number of amides is 1. The third-order valence-electron chi connectivity index (χ3n) is 3.25. The van der Waals surface area contributed by atoms with Crippen molar-refractivity contribution >= 4 is 23.1 Å². The SMILES string of the molecule is CC.CC.CC1C(=O)N(c2ccccc2)NC1=Nc1ccccc1. The third kappa shape index (κ3) is 4.69. The van der Waals surface area contributed by atoms with E-state index in [4.69, 9.17) is 0 Å². The van der Waals surface area contributed by atoms with E-state index in [0.717, 1.165) is 11.4 Å². The molecular formula is C20H27N3O. The number of rotatable bonds is 2. The molecule has 4 heteroatoms. The Balaban J connectivity index is 0.000000671. The summed E-state index contributed by atoms with van der Waals surface area (Å²) in [7, 11) is 0. The van der Waals surface area contributed by atoms with Crippen LogP contribution in [0.25, 0.3) is 0 Å². The minimum atomic E-state index is -0.268. The summed E-state index contributed by atoms with van der Waals surface area (Å²) in [6, 6.07) is 19.1. The molecule has 1 heterocycles. The number of hydrazine groups is 1. The molecule has 1 aliphatic heterocycles. The van der Waals surface area contributed by atoms with Gasteiger partial charge in [0.25, 0.3) is 5.91 Å². The van der Waals surface area contributed by atoms with Gasteiger partial charge in [-0.3, -0.25) is 10.2 Å². The lowest BCUT2D eigenvalue weighted by molar-refractivity contribution is -0.119. The summed E-state index contributed by atoms with van der Waals surface area (Å²) >= 11 is 0. The zero-order chi connectivity index (χ0) is 17.9. The Morgan fingerprint density at radius 3 is 1.92 bits per heavy atom. The Bertz CT molecular complexity index is 638. The van der Waals surface area contributed by atoms with E-state index in [9.17, 15) is 4.79 Å². The minimum Gasteiger partial charge on any atom is -0.277 e. The average molecular weight is 325 g/mol. The van der Waals surface area contributed by atoms with Crippen LogP contribution < -0.4 is 10.4 Å². The first-order chi connectivity index (χ1) is 11.8. The van der Waals surface area contributed by atoms with Crippen LogP contribution in [-0.2, 0) is 4.79 Å². The molecule has 4 nitrogen and oxygen atoms in total. The van der Waals surface area contributed by atoms with E-state index in [1.807, 2.05) is 95.3 Å². The second-order valence-electron chi connectivity index (χ2n) is 4.68. The summed E-state index contributed by atoms with van der Waals surface area (Å²) in [6.07, 6.45) is 0. The number of anilines is 1. The number of hydrogen-bond acceptors (Lipinski definition) is 2. The lowest BCUT2D eigenvalue weighted by Gasteiger charge is -2.15. The van der Waals surface area contributed by atoms with Gasteiger partial charge in [0.1, 0.15) is 5.84 Å². The Kier molecular flexibility index (Phi) is 8.26. The van der Waals surface area contributed by atoms with Crippen LogP contribution in [0.4, 0.5) is 11.4 Å². The molecule has 1 fully saturated rings. The molecule has 2 aromatic carbocycles. The lowest BCUT2D eigenvalue weighted by atomic mass is 10.1. The molecular weight excluding hydrogens is 298 g/mol. The zero-order valence-corrected chi connectivity index (χ0v) is 15.2. The van der Waals surface area contributed by atoms with E-state index >= 15 is 0 Å². The van der Waals surface area contributed by atoms with Gasteiger partial charge in [0.2, 0.25) is 0 Å². The number of benzene rings is 2. The fourth-order valence-electron chi connectivity index (χ4n) is 2.11. The number of nitrogens with one attached hydrogen (secondary N) is 1. The highest BCUT2D eigenvalue weighted by Crippen LogP contribution is 2.22. The maximum absolute atomic E-state index is 12.3. The first-order valence-corrected chi connectivity index (χ1v) is 8.55. The van der Waals surface area contributed by atoms with Crippen LogP contribution in [0.1, 0.15) is 34.6 Å². The second kappa shape index (κ2) is 10.2. The normalized spacial score (nSPS) is 17.4. The van der Waals surface area contributed by atoms with Gasteiger partial charge in [-0.05, 0) is 31.2 Å². The quantitative estimate of drug-likeness (QED) is 0.848. The molecule has 1 atom stereocenters. The zero-order valence-electron chi connectivity index (χ0n) is 15.2. The first-order valence-electron chi connectivity index (χ1n) is 8.55. The van der Waals surface area contributed by atoms with Gasteiger partial charge in [0.05, 0.1) is 17.3 Å². The number of aliphatic imine (C=N–C) groups is 1. The van der Waals surface area contributed by atoms with E-state index in [2.05, 4.69) is 10.4 Å². The smallest absolute Gasteiger partial charge is 0.256 e. The van der Waals surface area contributed by atoms with Crippen molar-refractivity contribution in [3.63, 3.8) is 0 Å². The molecule has 1 N–H and O–H groups in total. The minimum absolute atomic E-state index is 0.00545. The van der Waals surface area contributed by atoms with Crippen LogP contribution in [0.2, 0.25) is 0 Å². The van der Waals surface area contributed by atoms with Crippen molar-refractivity contribution in [2.75, 3.05) is 5.01 Å². The third-order valence-corrected chi connectivity index (χ3v) is 3.25. The number of amidine groups is 1. The predicted molar refractivity (Wildman–Crippen MR) is 102 cm³/mol. The highest BCUT2D eigenvalue weighted by molar-refractivity contribution is 6.16. The van der Waals surface area contributed by atoms with Crippen LogP contribution in [-0.4, -0.2) is 11.7 Å². The Labute approximate surface area is 145 Å². The van der Waals surface area contributed by atoms with Gasteiger partial charge in [-0.15, -0.1) is 0 Å². The summed E-state index contributed by atoms with van der Waals surface area (Å²) in [4.78, 5) is 16.8. The second-order valence-corrected chi connectivity index (χ2v) is 4.68. The monoisotopic (exact) mass is 325 g/mol. The fourth-order valence-corrected chi connectivity index (χ4v) is 2.11. The number of carbonyl (C=O) groups is 1. The molecule has 0 aliphatic carbocycles. The summed E-state index contributed by atoms with van der Waals surface area (Å²) in [5, 5.41) is 1.55. The summed E-state index contributed by atoms with van der Waals surface area (Å²) in [5.74, 6) is 0.409. The molecule has 1 unspecified atom stereocenters. The van der Waals surface area contributed by atoms with Gasteiger partial charge in [-0.25, -0.2) is 10.0 Å².